The Hall–Kier alpha value is -1.04. The van der Waals surface area contributed by atoms with Crippen LogP contribution in [0.1, 0.15) is 13.3 Å². The van der Waals surface area contributed by atoms with Gasteiger partial charge in [-0.1, -0.05) is 0 Å². The number of carbonyl (C=O) groups is 3. The lowest BCUT2D eigenvalue weighted by atomic mass is 10.2. The van der Waals surface area contributed by atoms with E-state index >= 15 is 0 Å². The first-order chi connectivity index (χ1) is 5.97. The number of ketones is 1. The van der Waals surface area contributed by atoms with Crippen LogP contribution >= 0.6 is 12.6 Å². The first-order valence-corrected chi connectivity index (χ1v) is 4.23. The van der Waals surface area contributed by atoms with Crippen molar-refractivity contribution in [2.24, 2.45) is 0 Å². The number of carbonyl (C=O) groups excluding carboxylic acids is 2. The number of hydrogen-bond donors (Lipinski definition) is 3. The van der Waals surface area contributed by atoms with Crippen LogP contribution in [0.2, 0.25) is 0 Å². The van der Waals surface area contributed by atoms with Crippen molar-refractivity contribution in [1.82, 2.24) is 5.32 Å². The molecule has 0 aliphatic carbocycles. The van der Waals surface area contributed by atoms with E-state index in [-0.39, 0.29) is 18.0 Å². The third-order valence-electron chi connectivity index (χ3n) is 1.23. The Morgan fingerprint density at radius 1 is 1.46 bits per heavy atom. The minimum Gasteiger partial charge on any atom is -0.480 e. The lowest BCUT2D eigenvalue weighted by Gasteiger charge is -2.10. The zero-order valence-corrected chi connectivity index (χ0v) is 8.01. The molecule has 0 radical (unpaired) electrons. The van der Waals surface area contributed by atoms with E-state index in [2.05, 4.69) is 17.9 Å². The number of thiol groups is 1. The van der Waals surface area contributed by atoms with Crippen LogP contribution in [0, 0.1) is 0 Å². The summed E-state index contributed by atoms with van der Waals surface area (Å²) in [5.74, 6) is -2.06. The number of carboxylic acid groups (broad SMARTS) is 1. The summed E-state index contributed by atoms with van der Waals surface area (Å²) >= 11 is 3.74. The minimum atomic E-state index is -1.16. The monoisotopic (exact) mass is 205 g/mol. The van der Waals surface area contributed by atoms with E-state index in [9.17, 15) is 14.4 Å². The Kier molecular flexibility index (Phi) is 5.13. The molecule has 0 aromatic carbocycles. The third kappa shape index (κ3) is 5.24. The van der Waals surface area contributed by atoms with E-state index in [0.717, 1.165) is 0 Å². The maximum absolute atomic E-state index is 10.9. The van der Waals surface area contributed by atoms with Gasteiger partial charge in [0.05, 0.1) is 6.42 Å². The van der Waals surface area contributed by atoms with Gasteiger partial charge in [-0.05, 0) is 6.92 Å². The summed E-state index contributed by atoms with van der Waals surface area (Å²) in [6.07, 6.45) is -0.294. The van der Waals surface area contributed by atoms with Crippen molar-refractivity contribution >= 4 is 30.3 Å². The first-order valence-electron chi connectivity index (χ1n) is 3.59. The molecule has 1 unspecified atom stereocenters. The van der Waals surface area contributed by atoms with Crippen molar-refractivity contribution in [1.29, 1.82) is 0 Å². The molecule has 0 aromatic heterocycles. The normalized spacial score (nSPS) is 11.8. The standard InChI is InChI=1S/C7H11NO4S/c1-4(9)2-6(10)8-5(3-13)7(11)12/h5,13H,2-3H2,1H3,(H,8,10)(H,11,12). The van der Waals surface area contributed by atoms with Crippen molar-refractivity contribution in [3.63, 3.8) is 0 Å². The zero-order valence-electron chi connectivity index (χ0n) is 7.11. The summed E-state index contributed by atoms with van der Waals surface area (Å²) in [6, 6.07) is -1.03. The summed E-state index contributed by atoms with van der Waals surface area (Å²) in [5, 5.41) is 10.7. The fourth-order valence-corrected chi connectivity index (χ4v) is 0.904. The van der Waals surface area contributed by atoms with E-state index < -0.39 is 17.9 Å². The molecular formula is C7H11NO4S. The quantitative estimate of drug-likeness (QED) is 0.416. The van der Waals surface area contributed by atoms with E-state index in [4.69, 9.17) is 5.11 Å². The highest BCUT2D eigenvalue weighted by atomic mass is 32.1. The van der Waals surface area contributed by atoms with Gasteiger partial charge in [0.1, 0.15) is 11.8 Å². The zero-order chi connectivity index (χ0) is 10.4. The highest BCUT2D eigenvalue weighted by Crippen LogP contribution is 1.90. The van der Waals surface area contributed by atoms with Crippen LogP contribution in [0.5, 0.6) is 0 Å². The number of nitrogens with one attached hydrogen (secondary N) is 1. The number of rotatable bonds is 5. The van der Waals surface area contributed by atoms with Gasteiger partial charge in [0, 0.05) is 5.75 Å². The van der Waals surface area contributed by atoms with Crippen molar-refractivity contribution in [3.8, 4) is 0 Å². The second-order valence-corrected chi connectivity index (χ2v) is 2.88. The third-order valence-corrected chi connectivity index (χ3v) is 1.59. The minimum absolute atomic E-state index is 0.00101. The van der Waals surface area contributed by atoms with Crippen molar-refractivity contribution in [2.45, 2.75) is 19.4 Å². The number of amides is 1. The highest BCUT2D eigenvalue weighted by Gasteiger charge is 2.18. The van der Waals surface area contributed by atoms with Crippen LogP contribution in [0.4, 0.5) is 0 Å². The average Bonchev–Trinajstić information content (AvgIpc) is 1.98. The lowest BCUT2D eigenvalue weighted by Crippen LogP contribution is -2.42. The number of carboxylic acids is 1. The maximum atomic E-state index is 10.9. The van der Waals surface area contributed by atoms with Gasteiger partial charge in [-0.2, -0.15) is 12.6 Å². The van der Waals surface area contributed by atoms with Crippen molar-refractivity contribution in [3.05, 3.63) is 0 Å². The van der Waals surface area contributed by atoms with Crippen LogP contribution in [-0.4, -0.2) is 34.6 Å². The van der Waals surface area contributed by atoms with Crippen molar-refractivity contribution in [2.75, 3.05) is 5.75 Å². The predicted molar refractivity (Wildman–Crippen MR) is 48.7 cm³/mol. The van der Waals surface area contributed by atoms with Crippen LogP contribution in [0.25, 0.3) is 0 Å². The molecule has 0 saturated heterocycles. The van der Waals surface area contributed by atoms with Crippen LogP contribution in [0.3, 0.4) is 0 Å². The van der Waals surface area contributed by atoms with Crippen LogP contribution in [0.15, 0.2) is 0 Å². The van der Waals surface area contributed by atoms with E-state index in [1.54, 1.807) is 0 Å². The number of aliphatic carboxylic acids is 1. The van der Waals surface area contributed by atoms with Gasteiger partial charge in [-0.15, -0.1) is 0 Å². The van der Waals surface area contributed by atoms with Gasteiger partial charge < -0.3 is 10.4 Å². The molecule has 13 heavy (non-hydrogen) atoms. The second kappa shape index (κ2) is 5.58. The average molecular weight is 205 g/mol. The Labute approximate surface area is 80.9 Å². The number of Topliss-reactive ketones (excluding diaryl/α,β-unsaturated/α-hetero) is 1. The second-order valence-electron chi connectivity index (χ2n) is 2.52. The molecule has 0 heterocycles. The van der Waals surface area contributed by atoms with E-state index in [1.165, 1.54) is 6.92 Å². The van der Waals surface area contributed by atoms with Gasteiger partial charge >= 0.3 is 5.97 Å². The van der Waals surface area contributed by atoms with Gasteiger partial charge in [-0.3, -0.25) is 9.59 Å². The molecule has 0 fully saturated rings. The fraction of sp³-hybridized carbons (Fsp3) is 0.571. The molecule has 1 atom stereocenters. The van der Waals surface area contributed by atoms with Crippen molar-refractivity contribution < 1.29 is 19.5 Å². The number of hydrogen-bond acceptors (Lipinski definition) is 4. The predicted octanol–water partition coefficient (Wildman–Crippen LogP) is -0.535. The molecule has 0 aliphatic rings. The Morgan fingerprint density at radius 2 is 2.00 bits per heavy atom. The van der Waals surface area contributed by atoms with Gasteiger partial charge in [-0.25, -0.2) is 4.79 Å². The largest absolute Gasteiger partial charge is 0.480 e. The molecule has 2 N–H and O–H groups in total. The summed E-state index contributed by atoms with van der Waals surface area (Å²) in [4.78, 5) is 31.8. The molecule has 0 spiro atoms. The Balaban J connectivity index is 4.01. The van der Waals surface area contributed by atoms with E-state index in [0.29, 0.717) is 0 Å². The lowest BCUT2D eigenvalue weighted by molar-refractivity contribution is -0.141. The molecule has 0 aliphatic heterocycles. The van der Waals surface area contributed by atoms with Crippen LogP contribution < -0.4 is 5.32 Å². The molecular weight excluding hydrogens is 194 g/mol. The molecule has 5 nitrogen and oxygen atoms in total. The summed E-state index contributed by atoms with van der Waals surface area (Å²) < 4.78 is 0. The smallest absolute Gasteiger partial charge is 0.327 e. The SMILES string of the molecule is CC(=O)CC(=O)NC(CS)C(=O)O. The molecule has 0 rings (SSSR count). The molecule has 74 valence electrons. The summed E-state index contributed by atoms with van der Waals surface area (Å²) in [7, 11) is 0. The van der Waals surface area contributed by atoms with Gasteiger partial charge in [0.15, 0.2) is 0 Å². The Bertz CT molecular complexity index is 229. The topological polar surface area (TPSA) is 83.5 Å². The molecule has 0 aromatic rings. The molecule has 1 amide bonds. The molecule has 0 bridgehead atoms. The van der Waals surface area contributed by atoms with Gasteiger partial charge in [0.25, 0.3) is 0 Å². The summed E-state index contributed by atoms with van der Waals surface area (Å²) in [5.41, 5.74) is 0. The maximum Gasteiger partial charge on any atom is 0.327 e. The Morgan fingerprint density at radius 3 is 2.31 bits per heavy atom. The fourth-order valence-electron chi connectivity index (χ4n) is 0.657. The van der Waals surface area contributed by atoms with Gasteiger partial charge in [0.2, 0.25) is 5.91 Å². The first kappa shape index (κ1) is 12.0. The van der Waals surface area contributed by atoms with Crippen LogP contribution in [-0.2, 0) is 14.4 Å². The highest BCUT2D eigenvalue weighted by molar-refractivity contribution is 7.80. The van der Waals surface area contributed by atoms with E-state index in [1.807, 2.05) is 0 Å². The molecule has 6 heteroatoms. The molecule has 0 saturated carbocycles. The summed E-state index contributed by atoms with van der Waals surface area (Å²) in [6.45, 7) is 1.26.